The summed E-state index contributed by atoms with van der Waals surface area (Å²) in [5.74, 6) is -0.232. The number of benzene rings is 1. The second-order valence-corrected chi connectivity index (χ2v) is 4.54. The lowest BCUT2D eigenvalue weighted by Crippen LogP contribution is -2.00. The van der Waals surface area contributed by atoms with E-state index in [1.54, 1.807) is 29.7 Å². The van der Waals surface area contributed by atoms with Crippen molar-refractivity contribution < 1.29 is 4.39 Å². The summed E-state index contributed by atoms with van der Waals surface area (Å²) >= 11 is 1.55. The molecule has 2 aromatic heterocycles. The number of nitrogens with two attached hydrogens (primary N) is 1. The largest absolute Gasteiger partial charge is 0.325 e. The van der Waals surface area contributed by atoms with Crippen molar-refractivity contribution in [3.8, 4) is 11.3 Å². The number of aromatic nitrogens is 2. The van der Waals surface area contributed by atoms with Crippen LogP contribution >= 0.6 is 11.3 Å². The van der Waals surface area contributed by atoms with E-state index >= 15 is 0 Å². The van der Waals surface area contributed by atoms with Gasteiger partial charge in [-0.15, -0.1) is 11.3 Å². The number of thiazole rings is 1. The number of rotatable bonds is 2. The molecule has 1 aromatic carbocycles. The van der Waals surface area contributed by atoms with Gasteiger partial charge < -0.3 is 5.73 Å². The highest BCUT2D eigenvalue weighted by molar-refractivity contribution is 7.15. The molecule has 5 heteroatoms. The summed E-state index contributed by atoms with van der Waals surface area (Å²) in [7, 11) is 0. The van der Waals surface area contributed by atoms with Crippen LogP contribution in [0.4, 0.5) is 4.39 Å². The molecule has 0 unspecified atom stereocenters. The Morgan fingerprint density at radius 3 is 2.76 bits per heavy atom. The van der Waals surface area contributed by atoms with Crippen LogP contribution in [0.3, 0.4) is 0 Å². The Bertz CT molecular complexity index is 654. The third-order valence-electron chi connectivity index (χ3n) is 2.67. The molecule has 0 fully saturated rings. The molecule has 0 saturated carbocycles. The number of halogens is 1. The van der Waals surface area contributed by atoms with Gasteiger partial charge in [0, 0.05) is 11.9 Å². The van der Waals surface area contributed by atoms with Crippen molar-refractivity contribution in [3.63, 3.8) is 0 Å². The molecule has 0 amide bonds. The van der Waals surface area contributed by atoms with Gasteiger partial charge in [0.2, 0.25) is 0 Å². The van der Waals surface area contributed by atoms with Gasteiger partial charge in [0.05, 0.1) is 17.6 Å². The number of imidazole rings is 1. The second kappa shape index (κ2) is 3.94. The number of fused-ring (bicyclic) bond motifs is 1. The Kier molecular flexibility index (Phi) is 2.42. The van der Waals surface area contributed by atoms with Gasteiger partial charge in [-0.2, -0.15) is 0 Å². The SMILES string of the molecule is NCc1cnc2scc(-c3ccc(F)cc3)n12. The Balaban J connectivity index is 2.22. The minimum atomic E-state index is -0.232. The van der Waals surface area contributed by atoms with Crippen molar-refractivity contribution in [2.24, 2.45) is 5.73 Å². The molecule has 0 atom stereocenters. The van der Waals surface area contributed by atoms with Crippen molar-refractivity contribution in [2.45, 2.75) is 6.54 Å². The van der Waals surface area contributed by atoms with Gasteiger partial charge in [-0.05, 0) is 29.8 Å². The first-order chi connectivity index (χ1) is 8.29. The van der Waals surface area contributed by atoms with Crippen LogP contribution in [0.1, 0.15) is 5.69 Å². The molecule has 86 valence electrons. The third-order valence-corrected chi connectivity index (χ3v) is 3.51. The third kappa shape index (κ3) is 1.64. The molecule has 0 radical (unpaired) electrons. The summed E-state index contributed by atoms with van der Waals surface area (Å²) < 4.78 is 14.9. The lowest BCUT2D eigenvalue weighted by Gasteiger charge is -2.02. The van der Waals surface area contributed by atoms with Crippen LogP contribution in [0.5, 0.6) is 0 Å². The smallest absolute Gasteiger partial charge is 0.194 e. The number of hydrogen-bond acceptors (Lipinski definition) is 3. The lowest BCUT2D eigenvalue weighted by molar-refractivity contribution is 0.628. The Hall–Kier alpha value is -1.72. The zero-order valence-corrected chi connectivity index (χ0v) is 9.75. The van der Waals surface area contributed by atoms with E-state index in [4.69, 9.17) is 5.73 Å². The Morgan fingerprint density at radius 2 is 2.06 bits per heavy atom. The van der Waals surface area contributed by atoms with E-state index < -0.39 is 0 Å². The van der Waals surface area contributed by atoms with Gasteiger partial charge in [-0.3, -0.25) is 4.40 Å². The fourth-order valence-electron chi connectivity index (χ4n) is 1.83. The standard InChI is InChI=1S/C12H10FN3S/c13-9-3-1-8(2-4-9)11-7-17-12-15-6-10(5-14)16(11)12/h1-4,6-7H,5,14H2. The average molecular weight is 247 g/mol. The molecule has 3 aromatic rings. The molecule has 0 saturated heterocycles. The van der Waals surface area contributed by atoms with Gasteiger partial charge >= 0.3 is 0 Å². The normalized spacial score (nSPS) is 11.2. The molecule has 0 aliphatic heterocycles. The maximum absolute atomic E-state index is 12.9. The Labute approximate surface area is 101 Å². The van der Waals surface area contributed by atoms with Gasteiger partial charge in [0.1, 0.15) is 5.82 Å². The molecule has 2 N–H and O–H groups in total. The van der Waals surface area contributed by atoms with Gasteiger partial charge in [-0.25, -0.2) is 9.37 Å². The summed E-state index contributed by atoms with van der Waals surface area (Å²) in [6.07, 6.45) is 1.78. The lowest BCUT2D eigenvalue weighted by atomic mass is 10.2. The molecular weight excluding hydrogens is 237 g/mol. The van der Waals surface area contributed by atoms with Crippen LogP contribution in [0.25, 0.3) is 16.2 Å². The summed E-state index contributed by atoms with van der Waals surface area (Å²) in [5.41, 5.74) is 8.60. The number of hydrogen-bond donors (Lipinski definition) is 1. The first-order valence-electron chi connectivity index (χ1n) is 5.19. The van der Waals surface area contributed by atoms with Crippen molar-refractivity contribution >= 4 is 16.3 Å². The van der Waals surface area contributed by atoms with Crippen molar-refractivity contribution in [1.82, 2.24) is 9.38 Å². The predicted molar refractivity (Wildman–Crippen MR) is 66.4 cm³/mol. The fraction of sp³-hybridized carbons (Fsp3) is 0.0833. The van der Waals surface area contributed by atoms with Gasteiger partial charge in [-0.1, -0.05) is 0 Å². The maximum atomic E-state index is 12.9. The fourth-order valence-corrected chi connectivity index (χ4v) is 2.73. The molecule has 0 aliphatic carbocycles. The van der Waals surface area contributed by atoms with Crippen LogP contribution in [0, 0.1) is 5.82 Å². The molecule has 0 bridgehead atoms. The summed E-state index contributed by atoms with van der Waals surface area (Å²) in [6, 6.07) is 6.43. The summed E-state index contributed by atoms with van der Waals surface area (Å²) in [5, 5.41) is 2.01. The first-order valence-corrected chi connectivity index (χ1v) is 6.07. The predicted octanol–water partition coefficient (Wildman–Crippen LogP) is 2.66. The van der Waals surface area contributed by atoms with E-state index in [-0.39, 0.29) is 5.82 Å². The highest BCUT2D eigenvalue weighted by atomic mass is 32.1. The first kappa shape index (κ1) is 10.4. The monoisotopic (exact) mass is 247 g/mol. The second-order valence-electron chi connectivity index (χ2n) is 3.70. The van der Waals surface area contributed by atoms with Crippen LogP contribution in [0.2, 0.25) is 0 Å². The molecule has 2 heterocycles. The van der Waals surface area contributed by atoms with E-state index in [0.29, 0.717) is 6.54 Å². The van der Waals surface area contributed by atoms with E-state index in [9.17, 15) is 4.39 Å². The highest BCUT2D eigenvalue weighted by Crippen LogP contribution is 2.27. The van der Waals surface area contributed by atoms with Crippen LogP contribution in [0.15, 0.2) is 35.8 Å². The molecule has 17 heavy (non-hydrogen) atoms. The van der Waals surface area contributed by atoms with E-state index in [2.05, 4.69) is 4.98 Å². The summed E-state index contributed by atoms with van der Waals surface area (Å²) in [6.45, 7) is 0.437. The zero-order chi connectivity index (χ0) is 11.8. The van der Waals surface area contributed by atoms with Crippen molar-refractivity contribution in [1.29, 1.82) is 0 Å². The molecular formula is C12H10FN3S. The van der Waals surface area contributed by atoms with Crippen LogP contribution < -0.4 is 5.73 Å². The van der Waals surface area contributed by atoms with Gasteiger partial charge in [0.25, 0.3) is 0 Å². The van der Waals surface area contributed by atoms with Crippen LogP contribution in [-0.4, -0.2) is 9.38 Å². The number of nitrogens with zero attached hydrogens (tertiary/aromatic N) is 2. The molecule has 3 nitrogen and oxygen atoms in total. The minimum Gasteiger partial charge on any atom is -0.325 e. The summed E-state index contributed by atoms with van der Waals surface area (Å²) in [4.78, 5) is 5.19. The maximum Gasteiger partial charge on any atom is 0.194 e. The average Bonchev–Trinajstić information content (AvgIpc) is 2.91. The molecule has 3 rings (SSSR count). The van der Waals surface area contributed by atoms with Gasteiger partial charge in [0.15, 0.2) is 4.96 Å². The van der Waals surface area contributed by atoms with E-state index in [1.165, 1.54) is 12.1 Å². The van der Waals surface area contributed by atoms with Crippen molar-refractivity contribution in [3.05, 3.63) is 47.4 Å². The van der Waals surface area contributed by atoms with Crippen LogP contribution in [-0.2, 0) is 6.54 Å². The van der Waals surface area contributed by atoms with E-state index in [0.717, 1.165) is 21.9 Å². The highest BCUT2D eigenvalue weighted by Gasteiger charge is 2.10. The Morgan fingerprint density at radius 1 is 1.29 bits per heavy atom. The minimum absolute atomic E-state index is 0.232. The molecule has 0 spiro atoms. The topological polar surface area (TPSA) is 43.3 Å². The molecule has 0 aliphatic rings. The quantitative estimate of drug-likeness (QED) is 0.756. The van der Waals surface area contributed by atoms with Crippen molar-refractivity contribution in [2.75, 3.05) is 0 Å². The van der Waals surface area contributed by atoms with E-state index in [1.807, 2.05) is 9.78 Å². The zero-order valence-electron chi connectivity index (χ0n) is 8.93.